The van der Waals surface area contributed by atoms with Crippen LogP contribution in [0.25, 0.3) is 11.4 Å². The van der Waals surface area contributed by atoms with E-state index in [2.05, 4.69) is 63.7 Å². The van der Waals surface area contributed by atoms with Crippen molar-refractivity contribution < 1.29 is 4.74 Å². The van der Waals surface area contributed by atoms with Gasteiger partial charge in [0.1, 0.15) is 6.33 Å². The van der Waals surface area contributed by atoms with Crippen LogP contribution >= 0.6 is 24.0 Å². The molecule has 3 rings (SSSR count). The van der Waals surface area contributed by atoms with Gasteiger partial charge in [-0.25, -0.2) is 4.98 Å². The normalized spacial score (nSPS) is 20.5. The maximum absolute atomic E-state index is 5.98. The highest BCUT2D eigenvalue weighted by molar-refractivity contribution is 14.0. The number of hydrogen-bond donors (Lipinski definition) is 3. The van der Waals surface area contributed by atoms with Crippen molar-refractivity contribution >= 4 is 29.9 Å². The number of H-pyrrole nitrogens is 1. The van der Waals surface area contributed by atoms with Crippen LogP contribution in [-0.2, 0) is 11.3 Å². The van der Waals surface area contributed by atoms with Crippen LogP contribution in [0.5, 0.6) is 0 Å². The van der Waals surface area contributed by atoms with Crippen molar-refractivity contribution in [1.82, 2.24) is 25.8 Å². The Morgan fingerprint density at radius 2 is 2.10 bits per heavy atom. The molecule has 1 aromatic carbocycles. The van der Waals surface area contributed by atoms with Crippen LogP contribution in [0.2, 0.25) is 0 Å². The lowest BCUT2D eigenvalue weighted by Crippen LogP contribution is -2.65. The molecule has 29 heavy (non-hydrogen) atoms. The molecule has 0 saturated heterocycles. The molecule has 0 aliphatic heterocycles. The third-order valence-corrected chi connectivity index (χ3v) is 6.08. The van der Waals surface area contributed by atoms with Crippen LogP contribution in [0.3, 0.4) is 0 Å². The molecule has 8 heteroatoms. The van der Waals surface area contributed by atoms with Gasteiger partial charge in [0.25, 0.3) is 0 Å². The first kappa shape index (κ1) is 23.6. The second-order valence-corrected chi connectivity index (χ2v) is 7.28. The molecule has 7 nitrogen and oxygen atoms in total. The highest BCUT2D eigenvalue weighted by Gasteiger charge is 2.53. The van der Waals surface area contributed by atoms with Crippen molar-refractivity contribution in [2.75, 3.05) is 13.7 Å². The number of hydrogen-bond acceptors (Lipinski definition) is 4. The lowest BCUT2D eigenvalue weighted by Gasteiger charge is -2.55. The number of ether oxygens (including phenoxy) is 1. The van der Waals surface area contributed by atoms with E-state index < -0.39 is 0 Å². The monoisotopic (exact) mass is 512 g/mol. The number of guanidine groups is 1. The van der Waals surface area contributed by atoms with E-state index >= 15 is 0 Å². The summed E-state index contributed by atoms with van der Waals surface area (Å²) in [6.07, 6.45) is 5.08. The van der Waals surface area contributed by atoms with E-state index in [-0.39, 0.29) is 29.4 Å². The molecule has 0 bridgehead atoms. The van der Waals surface area contributed by atoms with Gasteiger partial charge < -0.3 is 15.4 Å². The predicted octanol–water partition coefficient (Wildman–Crippen LogP) is 3.74. The minimum Gasteiger partial charge on any atom is -0.378 e. The van der Waals surface area contributed by atoms with Gasteiger partial charge in [-0.1, -0.05) is 32.0 Å². The minimum atomic E-state index is 0. The molecule has 2 atom stereocenters. The second-order valence-electron chi connectivity index (χ2n) is 7.28. The zero-order chi connectivity index (χ0) is 20.0. The molecule has 1 heterocycles. The first-order chi connectivity index (χ1) is 13.7. The molecule has 160 valence electrons. The number of rotatable bonds is 8. The van der Waals surface area contributed by atoms with Gasteiger partial charge >= 0.3 is 0 Å². The molecule has 1 aliphatic rings. The number of benzene rings is 1. The van der Waals surface area contributed by atoms with Crippen LogP contribution in [0, 0.1) is 5.41 Å². The summed E-state index contributed by atoms with van der Waals surface area (Å²) in [5, 5.41) is 13.9. The molecule has 0 amide bonds. The summed E-state index contributed by atoms with van der Waals surface area (Å²) in [5.74, 6) is 1.60. The standard InChI is InChI=1S/C21H32N6O.HI/c1-5-21(6-2)17(12-18(21)28-7-3)26-20(22-4)23-13-15-9-8-10-16(11-15)19-24-14-25-27-19;/h8-11,14,17-18H,5-7,12-13H2,1-4H3,(H2,22,23,26)(H,24,25,27);1H. The van der Waals surface area contributed by atoms with E-state index in [1.165, 1.54) is 6.33 Å². The lowest BCUT2D eigenvalue weighted by molar-refractivity contribution is -0.133. The average molecular weight is 512 g/mol. The first-order valence-corrected chi connectivity index (χ1v) is 10.2. The maximum Gasteiger partial charge on any atom is 0.191 e. The zero-order valence-electron chi connectivity index (χ0n) is 17.7. The second kappa shape index (κ2) is 10.9. The predicted molar refractivity (Wildman–Crippen MR) is 127 cm³/mol. The van der Waals surface area contributed by atoms with E-state index in [9.17, 15) is 0 Å². The molecule has 2 aromatic rings. The Balaban J connectivity index is 0.00000300. The third-order valence-electron chi connectivity index (χ3n) is 6.08. The van der Waals surface area contributed by atoms with Crippen LogP contribution in [0.1, 0.15) is 45.6 Å². The van der Waals surface area contributed by atoms with Crippen molar-refractivity contribution in [1.29, 1.82) is 0 Å². The van der Waals surface area contributed by atoms with Crippen molar-refractivity contribution in [2.24, 2.45) is 10.4 Å². The summed E-state index contributed by atoms with van der Waals surface area (Å²) < 4.78 is 5.98. The molecule has 0 radical (unpaired) electrons. The number of halogens is 1. The highest BCUT2D eigenvalue weighted by Crippen LogP contribution is 2.48. The Labute approximate surface area is 190 Å². The van der Waals surface area contributed by atoms with Gasteiger partial charge in [0, 0.05) is 37.2 Å². The third kappa shape index (κ3) is 5.09. The molecule has 2 unspecified atom stereocenters. The minimum absolute atomic E-state index is 0. The van der Waals surface area contributed by atoms with Crippen molar-refractivity contribution in [3.05, 3.63) is 36.2 Å². The average Bonchev–Trinajstić information content (AvgIpc) is 3.26. The molecular weight excluding hydrogens is 479 g/mol. The summed E-state index contributed by atoms with van der Waals surface area (Å²) in [6.45, 7) is 8.05. The molecule has 0 spiro atoms. The number of aliphatic imine (C=N–C) groups is 1. The van der Waals surface area contributed by atoms with Gasteiger partial charge in [0.05, 0.1) is 6.10 Å². The Morgan fingerprint density at radius 3 is 2.72 bits per heavy atom. The summed E-state index contributed by atoms with van der Waals surface area (Å²) in [7, 11) is 1.82. The molecule has 1 saturated carbocycles. The van der Waals surface area contributed by atoms with Crippen LogP contribution in [0.4, 0.5) is 0 Å². The van der Waals surface area contributed by atoms with Crippen LogP contribution in [0.15, 0.2) is 35.6 Å². The molecule has 3 N–H and O–H groups in total. The highest BCUT2D eigenvalue weighted by atomic mass is 127. The van der Waals surface area contributed by atoms with Crippen LogP contribution in [-0.4, -0.2) is 46.9 Å². The van der Waals surface area contributed by atoms with Gasteiger partial charge in [0.15, 0.2) is 11.8 Å². The lowest BCUT2D eigenvalue weighted by atomic mass is 9.58. The van der Waals surface area contributed by atoms with Gasteiger partial charge in [-0.05, 0) is 37.8 Å². The van der Waals surface area contributed by atoms with Crippen molar-refractivity contribution in [3.8, 4) is 11.4 Å². The van der Waals surface area contributed by atoms with Gasteiger partial charge in [0.2, 0.25) is 0 Å². The largest absolute Gasteiger partial charge is 0.378 e. The fourth-order valence-corrected chi connectivity index (χ4v) is 4.30. The quantitative estimate of drug-likeness (QED) is 0.285. The maximum atomic E-state index is 5.98. The molecular formula is C21H33IN6O. The number of nitrogens with zero attached hydrogens (tertiary/aromatic N) is 3. The number of aromatic nitrogens is 3. The molecule has 1 aliphatic carbocycles. The molecule has 1 fully saturated rings. The van der Waals surface area contributed by atoms with Crippen LogP contribution < -0.4 is 10.6 Å². The van der Waals surface area contributed by atoms with E-state index in [0.29, 0.717) is 18.7 Å². The fraction of sp³-hybridized carbons (Fsp3) is 0.571. The Bertz CT molecular complexity index is 775. The number of aromatic amines is 1. The van der Waals surface area contributed by atoms with E-state index in [1.54, 1.807) is 0 Å². The summed E-state index contributed by atoms with van der Waals surface area (Å²) in [6, 6.07) is 8.64. The Kier molecular flexibility index (Phi) is 8.88. The summed E-state index contributed by atoms with van der Waals surface area (Å²) in [5.41, 5.74) is 2.36. The van der Waals surface area contributed by atoms with Crippen molar-refractivity contribution in [2.45, 2.75) is 58.7 Å². The van der Waals surface area contributed by atoms with Gasteiger partial charge in [-0.2, -0.15) is 5.10 Å². The number of nitrogens with one attached hydrogen (secondary N) is 3. The fourth-order valence-electron chi connectivity index (χ4n) is 4.30. The Morgan fingerprint density at radius 1 is 1.31 bits per heavy atom. The summed E-state index contributed by atoms with van der Waals surface area (Å²) >= 11 is 0. The van der Waals surface area contributed by atoms with Gasteiger partial charge in [-0.15, -0.1) is 24.0 Å². The van der Waals surface area contributed by atoms with Crippen molar-refractivity contribution in [3.63, 3.8) is 0 Å². The van der Waals surface area contributed by atoms with Gasteiger partial charge in [-0.3, -0.25) is 10.1 Å². The SMILES string of the molecule is CCOC1CC(NC(=NC)NCc2cccc(-c3ncn[nH]3)c2)C1(CC)CC.I. The first-order valence-electron chi connectivity index (χ1n) is 10.2. The topological polar surface area (TPSA) is 87.2 Å². The van der Waals surface area contributed by atoms with E-state index in [1.807, 2.05) is 19.2 Å². The van der Waals surface area contributed by atoms with E-state index in [4.69, 9.17) is 4.74 Å². The smallest absolute Gasteiger partial charge is 0.191 e. The molecule has 1 aromatic heterocycles. The Hall–Kier alpha value is -1.68. The summed E-state index contributed by atoms with van der Waals surface area (Å²) in [4.78, 5) is 8.65. The zero-order valence-corrected chi connectivity index (χ0v) is 20.1. The van der Waals surface area contributed by atoms with E-state index in [0.717, 1.165) is 48.8 Å².